The minimum atomic E-state index is -3.93. The average molecular weight is 453 g/mol. The molecule has 1 heterocycles. The largest absolute Gasteiger partial charge is 0.486 e. The van der Waals surface area contributed by atoms with E-state index in [0.717, 1.165) is 9.87 Å². The third kappa shape index (κ3) is 4.86. The van der Waals surface area contributed by atoms with Crippen LogP contribution in [0.5, 0.6) is 11.5 Å². The van der Waals surface area contributed by atoms with Crippen molar-refractivity contribution in [3.8, 4) is 11.5 Å². The molecule has 0 radical (unpaired) electrons. The number of rotatable bonds is 7. The number of nitrogens with zero attached hydrogens (tertiary/aromatic N) is 1. The lowest BCUT2D eigenvalue weighted by molar-refractivity contribution is -0.120. The van der Waals surface area contributed by atoms with Gasteiger partial charge in [-0.15, -0.1) is 0 Å². The maximum Gasteiger partial charge on any atom is 0.264 e. The number of para-hydroxylation sites is 3. The van der Waals surface area contributed by atoms with Crippen LogP contribution in [0.25, 0.3) is 0 Å². The Morgan fingerprint density at radius 1 is 0.969 bits per heavy atom. The summed E-state index contributed by atoms with van der Waals surface area (Å²) in [6.07, 6.45) is -0.368. The Balaban J connectivity index is 1.47. The highest BCUT2D eigenvalue weighted by molar-refractivity contribution is 7.92. The van der Waals surface area contributed by atoms with Crippen LogP contribution in [0.2, 0.25) is 0 Å². The fourth-order valence-corrected chi connectivity index (χ4v) is 4.75. The van der Waals surface area contributed by atoms with Gasteiger partial charge in [0.2, 0.25) is 5.91 Å². The first-order valence-electron chi connectivity index (χ1n) is 10.2. The van der Waals surface area contributed by atoms with Gasteiger partial charge in [-0.05, 0) is 43.3 Å². The van der Waals surface area contributed by atoms with Crippen molar-refractivity contribution in [3.05, 3.63) is 84.4 Å². The van der Waals surface area contributed by atoms with Crippen molar-refractivity contribution in [2.45, 2.75) is 17.9 Å². The Labute approximate surface area is 187 Å². The molecule has 8 heteroatoms. The summed E-state index contributed by atoms with van der Waals surface area (Å²) in [7, 11) is -3.93. The number of carbonyl (C=O) groups is 1. The summed E-state index contributed by atoms with van der Waals surface area (Å²) >= 11 is 0. The second-order valence-corrected chi connectivity index (χ2v) is 9.32. The Hall–Kier alpha value is -3.52. The molecule has 0 unspecified atom stereocenters. The number of amides is 1. The minimum absolute atomic E-state index is 0.125. The molecule has 166 valence electrons. The van der Waals surface area contributed by atoms with E-state index >= 15 is 0 Å². The van der Waals surface area contributed by atoms with Crippen LogP contribution in [0.3, 0.4) is 0 Å². The molecule has 0 saturated heterocycles. The van der Waals surface area contributed by atoms with E-state index in [0.29, 0.717) is 23.8 Å². The minimum Gasteiger partial charge on any atom is -0.486 e. The number of anilines is 1. The molecule has 3 aromatic rings. The molecule has 1 N–H and O–H groups in total. The van der Waals surface area contributed by atoms with E-state index in [2.05, 4.69) is 5.32 Å². The van der Waals surface area contributed by atoms with Crippen LogP contribution in [0, 0.1) is 6.92 Å². The number of aryl methyl sites for hydroxylation is 1. The van der Waals surface area contributed by atoms with Crippen LogP contribution in [-0.2, 0) is 14.8 Å². The lowest BCUT2D eigenvalue weighted by atomic mass is 10.2. The maximum atomic E-state index is 13.3. The van der Waals surface area contributed by atoms with Crippen LogP contribution in [0.15, 0.2) is 83.8 Å². The van der Waals surface area contributed by atoms with Gasteiger partial charge in [0.25, 0.3) is 10.0 Å². The van der Waals surface area contributed by atoms with Gasteiger partial charge in [0, 0.05) is 0 Å². The second kappa shape index (κ2) is 9.32. The van der Waals surface area contributed by atoms with Gasteiger partial charge in [-0.1, -0.05) is 48.0 Å². The van der Waals surface area contributed by atoms with E-state index in [-0.39, 0.29) is 24.1 Å². The lowest BCUT2D eigenvalue weighted by Gasteiger charge is -2.27. The van der Waals surface area contributed by atoms with E-state index in [1.165, 1.54) is 0 Å². The van der Waals surface area contributed by atoms with Crippen molar-refractivity contribution in [1.82, 2.24) is 5.32 Å². The molecule has 1 amide bonds. The third-order valence-corrected chi connectivity index (χ3v) is 6.82. The molecule has 0 saturated carbocycles. The molecule has 0 aliphatic carbocycles. The number of nitrogens with one attached hydrogen (secondary N) is 1. The zero-order valence-electron chi connectivity index (χ0n) is 17.6. The number of carbonyl (C=O) groups excluding carboxylic acids is 1. The topological polar surface area (TPSA) is 84.9 Å². The van der Waals surface area contributed by atoms with Gasteiger partial charge in [-0.25, -0.2) is 8.42 Å². The van der Waals surface area contributed by atoms with Gasteiger partial charge in [-0.3, -0.25) is 9.10 Å². The quantitative estimate of drug-likeness (QED) is 0.595. The highest BCUT2D eigenvalue weighted by atomic mass is 32.2. The molecule has 1 aliphatic rings. The second-order valence-electron chi connectivity index (χ2n) is 7.46. The number of benzene rings is 3. The monoisotopic (exact) mass is 452 g/mol. The normalized spacial score (nSPS) is 15.1. The van der Waals surface area contributed by atoms with Gasteiger partial charge >= 0.3 is 0 Å². The Bertz CT molecular complexity index is 1180. The molecule has 0 fully saturated rings. The summed E-state index contributed by atoms with van der Waals surface area (Å²) in [6, 6.07) is 22.4. The lowest BCUT2D eigenvalue weighted by Crippen LogP contribution is -2.45. The molecule has 0 aromatic heterocycles. The summed E-state index contributed by atoms with van der Waals surface area (Å²) in [6.45, 7) is 2.01. The van der Waals surface area contributed by atoms with E-state index in [1.54, 1.807) is 60.7 Å². The standard InChI is InChI=1S/C24H24N2O5S/c1-18-11-13-21(14-12-18)32(28,29)26(19-7-3-2-4-8-19)16-24(27)25-15-20-17-30-22-9-5-6-10-23(22)31-20/h2-14,20H,15-17H2,1H3,(H,25,27)/t20-/m1/s1. The highest BCUT2D eigenvalue weighted by Gasteiger charge is 2.28. The van der Waals surface area contributed by atoms with Gasteiger partial charge in [0.1, 0.15) is 19.3 Å². The third-order valence-electron chi connectivity index (χ3n) is 5.03. The molecular weight excluding hydrogens is 428 g/mol. The summed E-state index contributed by atoms with van der Waals surface area (Å²) < 4.78 is 39.3. The number of hydrogen-bond acceptors (Lipinski definition) is 5. The SMILES string of the molecule is Cc1ccc(S(=O)(=O)N(CC(=O)NC[C@@H]2COc3ccccc3O2)c2ccccc2)cc1. The highest BCUT2D eigenvalue weighted by Crippen LogP contribution is 2.30. The molecule has 1 atom stereocenters. The number of hydrogen-bond donors (Lipinski definition) is 1. The van der Waals surface area contributed by atoms with Crippen LogP contribution >= 0.6 is 0 Å². The molecule has 1 aliphatic heterocycles. The van der Waals surface area contributed by atoms with Crippen LogP contribution in [0.4, 0.5) is 5.69 Å². The van der Waals surface area contributed by atoms with Crippen molar-refractivity contribution >= 4 is 21.6 Å². The average Bonchev–Trinajstić information content (AvgIpc) is 2.82. The first-order chi connectivity index (χ1) is 15.4. The van der Waals surface area contributed by atoms with E-state index in [1.807, 2.05) is 25.1 Å². The predicted octanol–water partition coefficient (Wildman–Crippen LogP) is 3.15. The first-order valence-corrected chi connectivity index (χ1v) is 11.7. The summed E-state index contributed by atoms with van der Waals surface area (Å²) in [5.41, 5.74) is 1.36. The summed E-state index contributed by atoms with van der Waals surface area (Å²) in [5, 5.41) is 2.77. The summed E-state index contributed by atoms with van der Waals surface area (Å²) in [5.74, 6) is 0.840. The van der Waals surface area contributed by atoms with Crippen molar-refractivity contribution in [2.24, 2.45) is 0 Å². The molecule has 32 heavy (non-hydrogen) atoms. The molecule has 3 aromatic carbocycles. The molecule has 7 nitrogen and oxygen atoms in total. The van der Waals surface area contributed by atoms with E-state index in [9.17, 15) is 13.2 Å². The molecular formula is C24H24N2O5S. The molecule has 0 spiro atoms. The smallest absolute Gasteiger partial charge is 0.264 e. The van der Waals surface area contributed by atoms with E-state index in [4.69, 9.17) is 9.47 Å². The number of ether oxygens (including phenoxy) is 2. The first kappa shape index (κ1) is 21.7. The maximum absolute atomic E-state index is 13.3. The van der Waals surface area contributed by atoms with Crippen LogP contribution in [0.1, 0.15) is 5.56 Å². The fraction of sp³-hybridized carbons (Fsp3) is 0.208. The summed E-state index contributed by atoms with van der Waals surface area (Å²) in [4.78, 5) is 12.9. The Morgan fingerprint density at radius 3 is 2.34 bits per heavy atom. The van der Waals surface area contributed by atoms with Crippen LogP contribution in [-0.4, -0.2) is 40.1 Å². The molecule has 0 bridgehead atoms. The van der Waals surface area contributed by atoms with E-state index < -0.39 is 15.9 Å². The predicted molar refractivity (Wildman–Crippen MR) is 122 cm³/mol. The zero-order valence-corrected chi connectivity index (χ0v) is 18.4. The van der Waals surface area contributed by atoms with Gasteiger partial charge in [-0.2, -0.15) is 0 Å². The van der Waals surface area contributed by atoms with Crippen molar-refractivity contribution in [1.29, 1.82) is 0 Å². The van der Waals surface area contributed by atoms with Crippen molar-refractivity contribution < 1.29 is 22.7 Å². The fourth-order valence-electron chi connectivity index (χ4n) is 3.32. The van der Waals surface area contributed by atoms with Gasteiger partial charge in [0.15, 0.2) is 11.5 Å². The van der Waals surface area contributed by atoms with Crippen molar-refractivity contribution in [3.63, 3.8) is 0 Å². The number of fused-ring (bicyclic) bond motifs is 1. The number of sulfonamides is 1. The van der Waals surface area contributed by atoms with Crippen LogP contribution < -0.4 is 19.1 Å². The van der Waals surface area contributed by atoms with Gasteiger partial charge in [0.05, 0.1) is 17.1 Å². The van der Waals surface area contributed by atoms with Gasteiger partial charge < -0.3 is 14.8 Å². The Morgan fingerprint density at radius 2 is 1.62 bits per heavy atom. The Kier molecular flexibility index (Phi) is 6.32. The zero-order chi connectivity index (χ0) is 22.6. The molecule has 4 rings (SSSR count). The van der Waals surface area contributed by atoms with Crippen molar-refractivity contribution in [2.75, 3.05) is 24.0 Å².